The molecule has 0 fully saturated rings. The summed E-state index contributed by atoms with van der Waals surface area (Å²) >= 11 is 0. The molecular formula is C33H35NO5. The van der Waals surface area contributed by atoms with E-state index in [2.05, 4.69) is 5.32 Å². The number of aliphatic hydroxyl groups is 1. The van der Waals surface area contributed by atoms with E-state index < -0.39 is 33.2 Å². The molecule has 4 aromatic rings. The van der Waals surface area contributed by atoms with Crippen molar-refractivity contribution in [3.05, 3.63) is 118 Å². The average Bonchev–Trinajstić information content (AvgIpc) is 2.99. The minimum Gasteiger partial charge on any atom is -0.493 e. The minimum absolute atomic E-state index is 0.0325. The monoisotopic (exact) mass is 533 g/mol. The van der Waals surface area contributed by atoms with Gasteiger partial charge >= 0.3 is 0 Å². The highest BCUT2D eigenvalue weighted by atomic mass is 16.5. The molecule has 4 aromatic carbocycles. The minimum atomic E-state index is -2.77. The SMILES string of the molecule is [2H]C1([2H])Cc2cc(OC([2H])([2H])[2H])c(OCc3ccccc3)cc2C(Cc2ccc(OC([2H])([2H])[2H])c(OCc3ccccc3)c2CO)N1. The van der Waals surface area contributed by atoms with Gasteiger partial charge in [-0.3, -0.25) is 0 Å². The summed E-state index contributed by atoms with van der Waals surface area (Å²) in [5.41, 5.74) is 3.70. The lowest BCUT2D eigenvalue weighted by Crippen LogP contribution is -2.31. The van der Waals surface area contributed by atoms with Crippen LogP contribution in [0, 0.1) is 0 Å². The van der Waals surface area contributed by atoms with Gasteiger partial charge in [0.1, 0.15) is 13.2 Å². The van der Waals surface area contributed by atoms with Crippen molar-refractivity contribution in [1.29, 1.82) is 0 Å². The summed E-state index contributed by atoms with van der Waals surface area (Å²) in [6.45, 7) is -2.17. The topological polar surface area (TPSA) is 69.2 Å². The number of benzene rings is 4. The molecule has 39 heavy (non-hydrogen) atoms. The van der Waals surface area contributed by atoms with Crippen molar-refractivity contribution < 1.29 is 35.0 Å². The van der Waals surface area contributed by atoms with E-state index in [1.54, 1.807) is 12.1 Å². The molecule has 2 N–H and O–H groups in total. The summed E-state index contributed by atoms with van der Waals surface area (Å²) < 4.78 is 85.8. The Morgan fingerprint density at radius 1 is 0.846 bits per heavy atom. The maximum absolute atomic E-state index is 10.6. The number of fused-ring (bicyclic) bond motifs is 1. The van der Waals surface area contributed by atoms with Gasteiger partial charge in [0.25, 0.3) is 0 Å². The van der Waals surface area contributed by atoms with Crippen LogP contribution in [0.15, 0.2) is 84.9 Å². The first-order valence-electron chi connectivity index (χ1n) is 16.6. The van der Waals surface area contributed by atoms with Gasteiger partial charge in [-0.2, -0.15) is 0 Å². The first-order valence-corrected chi connectivity index (χ1v) is 12.6. The molecule has 1 atom stereocenters. The van der Waals surface area contributed by atoms with E-state index in [9.17, 15) is 5.11 Å². The van der Waals surface area contributed by atoms with Gasteiger partial charge in [-0.1, -0.05) is 66.7 Å². The zero-order valence-corrected chi connectivity index (χ0v) is 21.3. The Morgan fingerprint density at radius 3 is 2.23 bits per heavy atom. The van der Waals surface area contributed by atoms with Crippen LogP contribution in [-0.4, -0.2) is 25.7 Å². The van der Waals surface area contributed by atoms with Gasteiger partial charge in [-0.05, 0) is 65.4 Å². The number of hydrogen-bond acceptors (Lipinski definition) is 6. The lowest BCUT2D eigenvalue weighted by molar-refractivity contribution is 0.248. The third-order valence-electron chi connectivity index (χ3n) is 6.72. The van der Waals surface area contributed by atoms with Crippen molar-refractivity contribution in [3.63, 3.8) is 0 Å². The summed E-state index contributed by atoms with van der Waals surface area (Å²) in [6.07, 6.45) is 0.0779. The lowest BCUT2D eigenvalue weighted by Gasteiger charge is -2.29. The Hall–Kier alpha value is -4.00. The van der Waals surface area contributed by atoms with Crippen molar-refractivity contribution in [2.75, 3.05) is 20.6 Å². The molecule has 6 heteroatoms. The fourth-order valence-electron chi connectivity index (χ4n) is 4.73. The highest BCUT2D eigenvalue weighted by Crippen LogP contribution is 2.40. The van der Waals surface area contributed by atoms with Gasteiger partial charge < -0.3 is 29.4 Å². The number of ether oxygens (including phenoxy) is 4. The van der Waals surface area contributed by atoms with E-state index in [0.717, 1.165) is 11.1 Å². The molecule has 1 heterocycles. The Balaban J connectivity index is 1.53. The van der Waals surface area contributed by atoms with Gasteiger partial charge in [0.2, 0.25) is 0 Å². The Morgan fingerprint density at radius 2 is 1.54 bits per heavy atom. The molecule has 0 spiro atoms. The fraction of sp³-hybridized carbons (Fsp3) is 0.273. The van der Waals surface area contributed by atoms with Crippen molar-refractivity contribution in [1.82, 2.24) is 5.32 Å². The predicted octanol–water partition coefficient (Wildman–Crippen LogP) is 5.78. The first-order chi connectivity index (χ1) is 22.2. The van der Waals surface area contributed by atoms with Crippen LogP contribution in [0.2, 0.25) is 0 Å². The number of nitrogens with one attached hydrogen (secondary N) is 1. The normalized spacial score (nSPS) is 19.4. The smallest absolute Gasteiger partial charge is 0.167 e. The summed E-state index contributed by atoms with van der Waals surface area (Å²) in [5, 5.41) is 13.6. The second-order valence-electron chi connectivity index (χ2n) is 9.19. The third-order valence-corrected chi connectivity index (χ3v) is 6.72. The quantitative estimate of drug-likeness (QED) is 0.255. The van der Waals surface area contributed by atoms with Crippen molar-refractivity contribution in [3.8, 4) is 23.0 Å². The molecule has 1 aliphatic heterocycles. The summed E-state index contributed by atoms with van der Waals surface area (Å²) in [6, 6.07) is 24.1. The molecule has 1 unspecified atom stereocenters. The second kappa shape index (κ2) is 12.7. The maximum atomic E-state index is 10.6. The molecule has 202 valence electrons. The highest BCUT2D eigenvalue weighted by Gasteiger charge is 2.25. The van der Waals surface area contributed by atoms with Crippen LogP contribution in [-0.2, 0) is 32.7 Å². The van der Waals surface area contributed by atoms with Crippen LogP contribution >= 0.6 is 0 Å². The molecular weight excluding hydrogens is 490 g/mol. The van der Waals surface area contributed by atoms with Gasteiger partial charge in [-0.25, -0.2) is 0 Å². The lowest BCUT2D eigenvalue weighted by atomic mass is 9.88. The van der Waals surface area contributed by atoms with Crippen LogP contribution in [0.3, 0.4) is 0 Å². The van der Waals surface area contributed by atoms with Gasteiger partial charge in [-0.15, -0.1) is 0 Å². The number of aryl methyl sites for hydroxylation is 1. The number of hydrogen-bond donors (Lipinski definition) is 2. The number of methoxy groups -OCH3 is 2. The second-order valence-corrected chi connectivity index (χ2v) is 9.19. The Labute approximate surface area is 241 Å². The molecule has 1 aliphatic rings. The van der Waals surface area contributed by atoms with E-state index in [4.69, 9.17) is 29.9 Å². The fourth-order valence-corrected chi connectivity index (χ4v) is 4.73. The molecule has 0 radical (unpaired) electrons. The molecule has 0 amide bonds. The molecule has 0 saturated heterocycles. The Kier molecular flexibility index (Phi) is 5.96. The van der Waals surface area contributed by atoms with E-state index >= 15 is 0 Å². The Bertz CT molecular complexity index is 1660. The molecule has 0 saturated carbocycles. The first kappa shape index (κ1) is 18.3. The highest BCUT2D eigenvalue weighted by molar-refractivity contribution is 5.53. The van der Waals surface area contributed by atoms with Crippen molar-refractivity contribution >= 4 is 0 Å². The molecule has 6 nitrogen and oxygen atoms in total. The van der Waals surface area contributed by atoms with Crippen LogP contribution in [0.5, 0.6) is 23.0 Å². The van der Waals surface area contributed by atoms with Crippen molar-refractivity contribution in [2.24, 2.45) is 0 Å². The zero-order valence-electron chi connectivity index (χ0n) is 29.3. The predicted molar refractivity (Wildman–Crippen MR) is 152 cm³/mol. The van der Waals surface area contributed by atoms with Gasteiger partial charge in [0.15, 0.2) is 23.0 Å². The number of aliphatic hydroxyl groups excluding tert-OH is 1. The van der Waals surface area contributed by atoms with Crippen LogP contribution < -0.4 is 24.3 Å². The van der Waals surface area contributed by atoms with Crippen LogP contribution in [0.25, 0.3) is 0 Å². The van der Waals surface area contributed by atoms with Crippen molar-refractivity contribution in [2.45, 2.75) is 38.7 Å². The molecule has 5 rings (SSSR count). The molecule has 0 bridgehead atoms. The molecule has 0 aromatic heterocycles. The summed E-state index contributed by atoms with van der Waals surface area (Å²) in [7, 11) is -5.54. The van der Waals surface area contributed by atoms with Crippen LogP contribution in [0.1, 0.15) is 50.4 Å². The zero-order chi connectivity index (χ0) is 33.8. The van der Waals surface area contributed by atoms with Gasteiger partial charge in [0, 0.05) is 14.3 Å². The standard InChI is InChI=1S/C33H35NO5/c1-36-30-14-13-25(28(20-35)33(30)39-22-24-11-7-4-8-12-24)17-29-27-19-32(38-21-23-9-5-3-6-10-23)31(37-2)18-26(27)15-16-34-29/h3-14,18-19,29,34-35H,15-17,20-22H2,1-2H3/i1D3,2D3,16D2. The molecule has 0 aliphatic carbocycles. The summed E-state index contributed by atoms with van der Waals surface area (Å²) in [4.78, 5) is 0. The van der Waals surface area contributed by atoms with E-state index in [1.807, 2.05) is 60.7 Å². The average molecular weight is 534 g/mol. The largest absolute Gasteiger partial charge is 0.493 e. The van der Waals surface area contributed by atoms with Gasteiger partial charge in [0.05, 0.1) is 28.9 Å². The number of rotatable bonds is 11. The van der Waals surface area contributed by atoms with E-state index in [-0.39, 0.29) is 49.1 Å². The van der Waals surface area contributed by atoms with E-state index in [1.165, 1.54) is 12.1 Å². The van der Waals surface area contributed by atoms with E-state index in [0.29, 0.717) is 22.3 Å². The maximum Gasteiger partial charge on any atom is 0.167 e. The van der Waals surface area contributed by atoms with Crippen LogP contribution in [0.4, 0.5) is 0 Å². The summed E-state index contributed by atoms with van der Waals surface area (Å²) in [5.74, 6) is 0.144. The third kappa shape index (κ3) is 6.19.